The molecule has 1 aromatic rings. The molecule has 3 heteroatoms. The minimum absolute atomic E-state index is 0.0162. The number of aldehydes is 1. The van der Waals surface area contributed by atoms with Gasteiger partial charge in [-0.2, -0.15) is 0 Å². The monoisotopic (exact) mass is 182 g/mol. The summed E-state index contributed by atoms with van der Waals surface area (Å²) in [5.74, 6) is 0.522. The average Bonchev–Trinajstić information content (AvgIpc) is 2.15. The van der Waals surface area contributed by atoms with Crippen LogP contribution in [0.15, 0.2) is 24.3 Å². The van der Waals surface area contributed by atoms with Crippen LogP contribution >= 0.6 is 0 Å². The first-order valence-corrected chi connectivity index (χ1v) is 4.04. The summed E-state index contributed by atoms with van der Waals surface area (Å²) in [6.07, 6.45) is -0.272. The number of hydrogen-bond acceptors (Lipinski definition) is 2. The first-order valence-electron chi connectivity index (χ1n) is 4.04. The Hall–Kier alpha value is -1.38. The van der Waals surface area contributed by atoms with Gasteiger partial charge >= 0.3 is 0 Å². The molecule has 0 aliphatic carbocycles. The van der Waals surface area contributed by atoms with Gasteiger partial charge in [0, 0.05) is 5.56 Å². The number of alkyl halides is 1. The fourth-order valence-corrected chi connectivity index (χ4v) is 0.889. The quantitative estimate of drug-likeness (QED) is 0.667. The van der Waals surface area contributed by atoms with E-state index in [1.807, 2.05) is 0 Å². The van der Waals surface area contributed by atoms with E-state index < -0.39 is 6.17 Å². The minimum atomic E-state index is -1.00. The number of benzene rings is 1. The second-order valence-electron chi connectivity index (χ2n) is 2.78. The van der Waals surface area contributed by atoms with Gasteiger partial charge in [0.25, 0.3) is 0 Å². The second kappa shape index (κ2) is 4.60. The Labute approximate surface area is 76.3 Å². The molecule has 0 aliphatic heterocycles. The molecule has 13 heavy (non-hydrogen) atoms. The molecule has 0 aromatic heterocycles. The van der Waals surface area contributed by atoms with Crippen LogP contribution < -0.4 is 4.74 Å². The number of carbonyl (C=O) groups excluding carboxylic acids is 1. The molecule has 1 rings (SSSR count). The molecule has 1 aromatic carbocycles. The van der Waals surface area contributed by atoms with Gasteiger partial charge in [-0.1, -0.05) is 12.1 Å². The predicted molar refractivity (Wildman–Crippen MR) is 47.9 cm³/mol. The van der Waals surface area contributed by atoms with Crippen molar-refractivity contribution in [2.45, 2.75) is 13.1 Å². The van der Waals surface area contributed by atoms with Crippen molar-refractivity contribution >= 4 is 6.29 Å². The highest BCUT2D eigenvalue weighted by atomic mass is 19.1. The molecule has 0 aliphatic rings. The Morgan fingerprint density at radius 3 is 3.00 bits per heavy atom. The van der Waals surface area contributed by atoms with Crippen LogP contribution in [0.2, 0.25) is 0 Å². The van der Waals surface area contributed by atoms with E-state index >= 15 is 0 Å². The van der Waals surface area contributed by atoms with Crippen LogP contribution in [0.3, 0.4) is 0 Å². The molecule has 1 atom stereocenters. The molecule has 0 amide bonds. The Kier molecular flexibility index (Phi) is 3.43. The van der Waals surface area contributed by atoms with Crippen LogP contribution in [0, 0.1) is 0 Å². The van der Waals surface area contributed by atoms with Crippen molar-refractivity contribution in [3.8, 4) is 5.75 Å². The van der Waals surface area contributed by atoms with Crippen molar-refractivity contribution < 1.29 is 13.9 Å². The summed E-state index contributed by atoms with van der Waals surface area (Å²) in [5, 5.41) is 0. The Bertz CT molecular complexity index is 284. The highest BCUT2D eigenvalue weighted by molar-refractivity contribution is 5.75. The van der Waals surface area contributed by atoms with Crippen LogP contribution in [-0.2, 0) is 0 Å². The van der Waals surface area contributed by atoms with Gasteiger partial charge in [0.2, 0.25) is 0 Å². The molecule has 0 heterocycles. The highest BCUT2D eigenvalue weighted by Gasteiger charge is 2.00. The maximum atomic E-state index is 12.4. The zero-order chi connectivity index (χ0) is 9.68. The lowest BCUT2D eigenvalue weighted by atomic mass is 10.2. The summed E-state index contributed by atoms with van der Waals surface area (Å²) in [7, 11) is 0. The third-order valence-electron chi connectivity index (χ3n) is 1.47. The molecule has 0 spiro atoms. The van der Waals surface area contributed by atoms with Crippen molar-refractivity contribution in [2.24, 2.45) is 0 Å². The third-order valence-corrected chi connectivity index (χ3v) is 1.47. The zero-order valence-electron chi connectivity index (χ0n) is 7.37. The third kappa shape index (κ3) is 3.23. The Morgan fingerprint density at radius 2 is 2.38 bits per heavy atom. The van der Waals surface area contributed by atoms with Gasteiger partial charge < -0.3 is 4.74 Å². The van der Waals surface area contributed by atoms with E-state index in [4.69, 9.17) is 4.74 Å². The van der Waals surface area contributed by atoms with Gasteiger partial charge in [0.15, 0.2) is 0 Å². The normalized spacial score (nSPS) is 12.2. The Balaban J connectivity index is 2.61. The van der Waals surface area contributed by atoms with Gasteiger partial charge in [0.1, 0.15) is 24.8 Å². The molecule has 0 fully saturated rings. The van der Waals surface area contributed by atoms with Crippen molar-refractivity contribution in [1.29, 1.82) is 0 Å². The predicted octanol–water partition coefficient (Wildman–Crippen LogP) is 2.24. The molecule has 0 saturated carbocycles. The van der Waals surface area contributed by atoms with Gasteiger partial charge in [-0.3, -0.25) is 4.79 Å². The van der Waals surface area contributed by atoms with Crippen LogP contribution in [0.4, 0.5) is 4.39 Å². The fourth-order valence-electron chi connectivity index (χ4n) is 0.889. The van der Waals surface area contributed by atoms with Crippen LogP contribution in [0.5, 0.6) is 5.75 Å². The van der Waals surface area contributed by atoms with Gasteiger partial charge in [0.05, 0.1) is 0 Å². The molecular formula is C10H11FO2. The maximum Gasteiger partial charge on any atom is 0.150 e. The zero-order valence-corrected chi connectivity index (χ0v) is 7.37. The van der Waals surface area contributed by atoms with Crippen molar-refractivity contribution in [3.63, 3.8) is 0 Å². The van der Waals surface area contributed by atoms with E-state index in [1.165, 1.54) is 6.92 Å². The van der Waals surface area contributed by atoms with E-state index in [0.29, 0.717) is 11.3 Å². The van der Waals surface area contributed by atoms with Gasteiger partial charge in [-0.15, -0.1) is 0 Å². The molecule has 0 radical (unpaired) electrons. The summed E-state index contributed by atoms with van der Waals surface area (Å²) in [4.78, 5) is 10.4. The second-order valence-corrected chi connectivity index (χ2v) is 2.78. The summed E-state index contributed by atoms with van der Waals surface area (Å²) >= 11 is 0. The largest absolute Gasteiger partial charge is 0.491 e. The average molecular weight is 182 g/mol. The van der Waals surface area contributed by atoms with Crippen molar-refractivity contribution in [1.82, 2.24) is 0 Å². The highest BCUT2D eigenvalue weighted by Crippen LogP contribution is 2.12. The van der Waals surface area contributed by atoms with Crippen LogP contribution in [-0.4, -0.2) is 19.1 Å². The van der Waals surface area contributed by atoms with E-state index in [-0.39, 0.29) is 6.61 Å². The number of rotatable bonds is 4. The minimum Gasteiger partial charge on any atom is -0.491 e. The number of carbonyl (C=O) groups is 1. The first kappa shape index (κ1) is 9.71. The number of hydrogen-bond donors (Lipinski definition) is 0. The molecule has 0 saturated heterocycles. The van der Waals surface area contributed by atoms with Gasteiger partial charge in [-0.25, -0.2) is 4.39 Å². The number of ether oxygens (including phenoxy) is 1. The fraction of sp³-hybridized carbons (Fsp3) is 0.300. The summed E-state index contributed by atoms with van der Waals surface area (Å²) < 4.78 is 17.5. The lowest BCUT2D eigenvalue weighted by Crippen LogP contribution is -2.08. The summed E-state index contributed by atoms with van der Waals surface area (Å²) in [6, 6.07) is 6.63. The smallest absolute Gasteiger partial charge is 0.150 e. The van der Waals surface area contributed by atoms with Gasteiger partial charge in [-0.05, 0) is 19.1 Å². The Morgan fingerprint density at radius 1 is 1.62 bits per heavy atom. The first-order chi connectivity index (χ1) is 6.22. The van der Waals surface area contributed by atoms with Crippen LogP contribution in [0.1, 0.15) is 17.3 Å². The standard InChI is InChI=1S/C10H11FO2/c1-8(11)7-13-10-4-2-3-9(5-10)6-12/h2-6,8H,7H2,1H3. The van der Waals surface area contributed by atoms with E-state index in [1.54, 1.807) is 24.3 Å². The molecule has 2 nitrogen and oxygen atoms in total. The topological polar surface area (TPSA) is 26.3 Å². The van der Waals surface area contributed by atoms with E-state index in [9.17, 15) is 9.18 Å². The molecule has 0 N–H and O–H groups in total. The summed E-state index contributed by atoms with van der Waals surface area (Å²) in [6.45, 7) is 1.44. The molecule has 1 unspecified atom stereocenters. The molecule has 70 valence electrons. The van der Waals surface area contributed by atoms with E-state index in [2.05, 4.69) is 0 Å². The lowest BCUT2D eigenvalue weighted by molar-refractivity contribution is 0.112. The SMILES string of the molecule is CC(F)COc1cccc(C=O)c1. The lowest BCUT2D eigenvalue weighted by Gasteiger charge is -2.06. The van der Waals surface area contributed by atoms with Crippen LogP contribution in [0.25, 0.3) is 0 Å². The van der Waals surface area contributed by atoms with Crippen molar-refractivity contribution in [2.75, 3.05) is 6.61 Å². The summed E-state index contributed by atoms with van der Waals surface area (Å²) in [5.41, 5.74) is 0.531. The maximum absolute atomic E-state index is 12.4. The number of halogens is 1. The molecular weight excluding hydrogens is 171 g/mol. The van der Waals surface area contributed by atoms with E-state index in [0.717, 1.165) is 6.29 Å². The molecule has 0 bridgehead atoms. The van der Waals surface area contributed by atoms with Crippen molar-refractivity contribution in [3.05, 3.63) is 29.8 Å².